The lowest BCUT2D eigenvalue weighted by molar-refractivity contribution is -0.159. The third kappa shape index (κ3) is 6.73. The van der Waals surface area contributed by atoms with Crippen molar-refractivity contribution >= 4 is 28.6 Å². The molecule has 1 heterocycles. The Morgan fingerprint density at radius 3 is 2.17 bits per heavy atom. The first-order chi connectivity index (χ1) is 17.3. The van der Waals surface area contributed by atoms with Gasteiger partial charge in [0.2, 0.25) is 0 Å². The summed E-state index contributed by atoms with van der Waals surface area (Å²) >= 11 is 0. The minimum Gasteiger partial charge on any atom is -0.493 e. The summed E-state index contributed by atoms with van der Waals surface area (Å²) in [6.07, 6.45) is 0. The van der Waals surface area contributed by atoms with Crippen molar-refractivity contribution < 1.29 is 34.1 Å². The molecule has 190 valence electrons. The molecule has 0 bridgehead atoms. The van der Waals surface area contributed by atoms with Gasteiger partial charge in [-0.1, -0.05) is 42.5 Å². The Kier molecular flexibility index (Phi) is 9.24. The highest BCUT2D eigenvalue weighted by molar-refractivity contribution is 6.27. The Labute approximate surface area is 209 Å². The van der Waals surface area contributed by atoms with Gasteiger partial charge in [-0.05, 0) is 41.5 Å². The molecule has 3 aromatic carbocycles. The number of benzene rings is 3. The average Bonchev–Trinajstić information content (AvgIpc) is 2.89. The Morgan fingerprint density at radius 2 is 1.53 bits per heavy atom. The maximum atomic E-state index is 13.1. The second-order valence-corrected chi connectivity index (χ2v) is 8.12. The zero-order valence-corrected chi connectivity index (χ0v) is 20.3. The van der Waals surface area contributed by atoms with Crippen molar-refractivity contribution in [2.24, 2.45) is 0 Å². The molecule has 4 rings (SSSR count). The smallest absolute Gasteiger partial charge is 0.414 e. The number of hydrogen-bond acceptors (Lipinski definition) is 6. The topological polar surface area (TPSA) is 117 Å². The van der Waals surface area contributed by atoms with E-state index < -0.39 is 11.9 Å². The zero-order valence-electron chi connectivity index (χ0n) is 20.3. The molecule has 0 aromatic heterocycles. The van der Waals surface area contributed by atoms with Crippen LogP contribution in [0, 0.1) is 0 Å². The van der Waals surface area contributed by atoms with Gasteiger partial charge < -0.3 is 24.6 Å². The van der Waals surface area contributed by atoms with Gasteiger partial charge in [0.25, 0.3) is 5.91 Å². The molecule has 1 aliphatic rings. The second kappa shape index (κ2) is 12.6. The van der Waals surface area contributed by atoms with Crippen molar-refractivity contribution in [2.75, 3.05) is 39.9 Å². The number of carboxylic acid groups (broad SMARTS) is 2. The van der Waals surface area contributed by atoms with Crippen LogP contribution in [-0.4, -0.2) is 77.8 Å². The van der Waals surface area contributed by atoms with E-state index in [0.29, 0.717) is 6.61 Å². The summed E-state index contributed by atoms with van der Waals surface area (Å²) < 4.78 is 11.1. The van der Waals surface area contributed by atoms with Gasteiger partial charge in [0, 0.05) is 38.3 Å². The van der Waals surface area contributed by atoms with Gasteiger partial charge in [0.05, 0.1) is 13.7 Å². The van der Waals surface area contributed by atoms with E-state index in [1.807, 2.05) is 48.2 Å². The predicted molar refractivity (Wildman–Crippen MR) is 135 cm³/mol. The number of nitrogens with zero attached hydrogens (tertiary/aromatic N) is 2. The fraction of sp³-hybridized carbons (Fsp3) is 0.296. The van der Waals surface area contributed by atoms with Crippen molar-refractivity contribution in [3.8, 4) is 11.5 Å². The number of aliphatic carboxylic acids is 2. The molecule has 0 atom stereocenters. The van der Waals surface area contributed by atoms with Gasteiger partial charge in [-0.2, -0.15) is 0 Å². The number of ether oxygens (including phenoxy) is 2. The maximum absolute atomic E-state index is 13.1. The minimum atomic E-state index is -1.82. The quantitative estimate of drug-likeness (QED) is 0.501. The highest BCUT2D eigenvalue weighted by atomic mass is 16.5. The molecular weight excluding hydrogens is 464 g/mol. The van der Waals surface area contributed by atoms with Gasteiger partial charge in [0.15, 0.2) is 11.5 Å². The fourth-order valence-corrected chi connectivity index (χ4v) is 4.04. The summed E-state index contributed by atoms with van der Waals surface area (Å²) in [6.45, 7) is 6.58. The van der Waals surface area contributed by atoms with E-state index in [9.17, 15) is 4.79 Å². The van der Waals surface area contributed by atoms with E-state index in [4.69, 9.17) is 29.3 Å². The summed E-state index contributed by atoms with van der Waals surface area (Å²) in [5.74, 6) is -1.99. The number of hydrogen-bond donors (Lipinski definition) is 2. The molecule has 3 aromatic rings. The average molecular weight is 495 g/mol. The molecule has 0 spiro atoms. The molecule has 1 aliphatic heterocycles. The lowest BCUT2D eigenvalue weighted by Gasteiger charge is -2.35. The third-order valence-electron chi connectivity index (χ3n) is 5.80. The van der Waals surface area contributed by atoms with E-state index in [-0.39, 0.29) is 5.91 Å². The summed E-state index contributed by atoms with van der Waals surface area (Å²) in [5.41, 5.74) is 1.98. The molecule has 1 amide bonds. The van der Waals surface area contributed by atoms with Crippen LogP contribution in [0.5, 0.6) is 11.5 Å². The van der Waals surface area contributed by atoms with Crippen LogP contribution in [0.1, 0.15) is 22.8 Å². The molecular formula is C27H30N2O7. The molecule has 9 heteroatoms. The van der Waals surface area contributed by atoms with Crippen LogP contribution in [0.25, 0.3) is 10.8 Å². The summed E-state index contributed by atoms with van der Waals surface area (Å²) in [6, 6.07) is 20.1. The molecule has 9 nitrogen and oxygen atoms in total. The monoisotopic (exact) mass is 494 g/mol. The summed E-state index contributed by atoms with van der Waals surface area (Å²) in [5, 5.41) is 16.9. The van der Waals surface area contributed by atoms with Crippen LogP contribution >= 0.6 is 0 Å². The van der Waals surface area contributed by atoms with Gasteiger partial charge in [-0.15, -0.1) is 0 Å². The van der Waals surface area contributed by atoms with Gasteiger partial charge in [0.1, 0.15) is 0 Å². The molecule has 1 saturated heterocycles. The van der Waals surface area contributed by atoms with Crippen LogP contribution in [0.4, 0.5) is 0 Å². The Bertz CT molecular complexity index is 1200. The molecule has 0 radical (unpaired) electrons. The van der Waals surface area contributed by atoms with Crippen LogP contribution in [-0.2, 0) is 16.1 Å². The first kappa shape index (κ1) is 26.5. The minimum absolute atomic E-state index is 0.120. The van der Waals surface area contributed by atoms with Crippen LogP contribution < -0.4 is 9.47 Å². The molecule has 2 N–H and O–H groups in total. The zero-order chi connectivity index (χ0) is 26.1. The predicted octanol–water partition coefficient (Wildman–Crippen LogP) is 3.36. The number of fused-ring (bicyclic) bond motifs is 1. The number of carbonyl (C=O) groups is 3. The number of amides is 1. The highest BCUT2D eigenvalue weighted by Gasteiger charge is 2.23. The molecule has 1 fully saturated rings. The van der Waals surface area contributed by atoms with Crippen molar-refractivity contribution in [2.45, 2.75) is 13.5 Å². The molecule has 0 saturated carbocycles. The van der Waals surface area contributed by atoms with Crippen molar-refractivity contribution in [3.05, 3.63) is 71.8 Å². The molecule has 0 unspecified atom stereocenters. The van der Waals surface area contributed by atoms with E-state index in [0.717, 1.165) is 60.6 Å². The lowest BCUT2D eigenvalue weighted by atomic mass is 10.0. The third-order valence-corrected chi connectivity index (χ3v) is 5.80. The largest absolute Gasteiger partial charge is 0.493 e. The summed E-state index contributed by atoms with van der Waals surface area (Å²) in [4.78, 5) is 35.7. The van der Waals surface area contributed by atoms with Gasteiger partial charge >= 0.3 is 11.9 Å². The number of rotatable bonds is 6. The Morgan fingerprint density at radius 1 is 0.861 bits per heavy atom. The Balaban J connectivity index is 0.000000538. The normalized spacial score (nSPS) is 13.4. The van der Waals surface area contributed by atoms with Gasteiger partial charge in [-0.25, -0.2) is 9.59 Å². The van der Waals surface area contributed by atoms with Crippen LogP contribution in [0.15, 0.2) is 60.7 Å². The van der Waals surface area contributed by atoms with Crippen LogP contribution in [0.2, 0.25) is 0 Å². The summed E-state index contributed by atoms with van der Waals surface area (Å²) in [7, 11) is 1.66. The highest BCUT2D eigenvalue weighted by Crippen LogP contribution is 2.29. The van der Waals surface area contributed by atoms with E-state index in [1.54, 1.807) is 7.11 Å². The first-order valence-electron chi connectivity index (χ1n) is 11.6. The number of carboxylic acids is 2. The van der Waals surface area contributed by atoms with E-state index >= 15 is 0 Å². The fourth-order valence-electron chi connectivity index (χ4n) is 4.04. The lowest BCUT2D eigenvalue weighted by Crippen LogP contribution is -2.48. The van der Waals surface area contributed by atoms with Crippen molar-refractivity contribution in [1.29, 1.82) is 0 Å². The standard InChI is InChI=1S/C25H28N2O3.C2H2O4/c1-3-30-24-17-19(11-12-23(24)29-2)18-26-13-15-27(16-14-26)25(28)22-10-6-8-20-7-4-5-9-21(20)22;3-1(4)2(5)6/h4-12,17H,3,13-16,18H2,1-2H3;(H,3,4)(H,5,6). The number of methoxy groups -OCH3 is 1. The maximum Gasteiger partial charge on any atom is 0.414 e. The second-order valence-electron chi connectivity index (χ2n) is 8.12. The Hall–Kier alpha value is -4.11. The molecule has 0 aliphatic carbocycles. The van der Waals surface area contributed by atoms with Gasteiger partial charge in [-0.3, -0.25) is 9.69 Å². The first-order valence-corrected chi connectivity index (χ1v) is 11.6. The van der Waals surface area contributed by atoms with Crippen LogP contribution in [0.3, 0.4) is 0 Å². The number of carbonyl (C=O) groups excluding carboxylic acids is 1. The van der Waals surface area contributed by atoms with Crippen molar-refractivity contribution in [3.63, 3.8) is 0 Å². The SMILES string of the molecule is CCOc1cc(CN2CCN(C(=O)c3cccc4ccccc34)CC2)ccc1OC.O=C(O)C(=O)O. The number of piperazine rings is 1. The molecule has 36 heavy (non-hydrogen) atoms. The van der Waals surface area contributed by atoms with E-state index in [2.05, 4.69) is 29.2 Å². The van der Waals surface area contributed by atoms with E-state index in [1.165, 1.54) is 5.56 Å². The van der Waals surface area contributed by atoms with Crippen molar-refractivity contribution in [1.82, 2.24) is 9.80 Å².